The summed E-state index contributed by atoms with van der Waals surface area (Å²) in [7, 11) is -3.47. The van der Waals surface area contributed by atoms with Gasteiger partial charge in [-0.25, -0.2) is 13.1 Å². The van der Waals surface area contributed by atoms with E-state index in [0.717, 1.165) is 10.0 Å². The molecule has 0 bridgehead atoms. The highest BCUT2D eigenvalue weighted by atomic mass is 79.9. The predicted molar refractivity (Wildman–Crippen MR) is 77.2 cm³/mol. The van der Waals surface area contributed by atoms with Crippen LogP contribution in [0.3, 0.4) is 0 Å². The molecule has 0 saturated carbocycles. The normalized spacial score (nSPS) is 13.4. The van der Waals surface area contributed by atoms with Crippen LogP contribution < -0.4 is 4.72 Å². The Labute approximate surface area is 119 Å². The molecule has 0 radical (unpaired) electrons. The van der Waals surface area contributed by atoms with Gasteiger partial charge < -0.3 is 0 Å². The Kier molecular flexibility index (Phi) is 4.21. The molecule has 1 heterocycles. The Morgan fingerprint density at radius 1 is 1.22 bits per heavy atom. The lowest BCUT2D eigenvalue weighted by molar-refractivity contribution is 0.567. The molecule has 96 valence electrons. The number of thiophene rings is 1. The van der Waals surface area contributed by atoms with E-state index >= 15 is 0 Å². The van der Waals surface area contributed by atoms with E-state index in [1.54, 1.807) is 35.6 Å². The van der Waals surface area contributed by atoms with E-state index in [1.807, 2.05) is 23.8 Å². The SMILES string of the molecule is CC(NS(=O)(=O)c1ccc(Br)cc1)c1ccsc1. The summed E-state index contributed by atoms with van der Waals surface area (Å²) in [5.74, 6) is 0. The number of rotatable bonds is 4. The lowest BCUT2D eigenvalue weighted by Gasteiger charge is -2.13. The van der Waals surface area contributed by atoms with Crippen LogP contribution in [0.2, 0.25) is 0 Å². The van der Waals surface area contributed by atoms with Crippen LogP contribution in [0, 0.1) is 0 Å². The molecule has 3 nitrogen and oxygen atoms in total. The molecule has 2 rings (SSSR count). The monoisotopic (exact) mass is 345 g/mol. The summed E-state index contributed by atoms with van der Waals surface area (Å²) in [6.45, 7) is 1.83. The fourth-order valence-corrected chi connectivity index (χ4v) is 3.75. The van der Waals surface area contributed by atoms with Crippen LogP contribution in [0.1, 0.15) is 18.5 Å². The van der Waals surface area contributed by atoms with Gasteiger partial charge in [0.05, 0.1) is 4.90 Å². The second-order valence-corrected chi connectivity index (χ2v) is 7.26. The average molecular weight is 346 g/mol. The van der Waals surface area contributed by atoms with Crippen molar-refractivity contribution in [3.8, 4) is 0 Å². The van der Waals surface area contributed by atoms with Gasteiger partial charge in [0.15, 0.2) is 0 Å². The van der Waals surface area contributed by atoms with Crippen molar-refractivity contribution >= 4 is 37.3 Å². The van der Waals surface area contributed by atoms with Crippen molar-refractivity contribution in [1.29, 1.82) is 0 Å². The van der Waals surface area contributed by atoms with Crippen molar-refractivity contribution in [2.24, 2.45) is 0 Å². The molecule has 0 aliphatic carbocycles. The topological polar surface area (TPSA) is 46.2 Å². The molecule has 1 unspecified atom stereocenters. The highest BCUT2D eigenvalue weighted by molar-refractivity contribution is 9.10. The zero-order valence-electron chi connectivity index (χ0n) is 9.63. The van der Waals surface area contributed by atoms with Crippen LogP contribution in [0.4, 0.5) is 0 Å². The standard InChI is InChI=1S/C12H12BrNO2S2/c1-9(10-6-7-17-8-10)14-18(15,16)12-4-2-11(13)3-5-12/h2-9,14H,1H3. The van der Waals surface area contributed by atoms with Crippen LogP contribution in [0.25, 0.3) is 0 Å². The molecule has 1 aromatic carbocycles. The van der Waals surface area contributed by atoms with Crippen molar-refractivity contribution in [2.75, 3.05) is 0 Å². The highest BCUT2D eigenvalue weighted by Gasteiger charge is 2.18. The second-order valence-electron chi connectivity index (χ2n) is 3.85. The zero-order chi connectivity index (χ0) is 13.2. The van der Waals surface area contributed by atoms with Gasteiger partial charge in [0, 0.05) is 10.5 Å². The maximum Gasteiger partial charge on any atom is 0.241 e. The maximum absolute atomic E-state index is 12.1. The van der Waals surface area contributed by atoms with Gasteiger partial charge in [-0.15, -0.1) is 0 Å². The third kappa shape index (κ3) is 3.20. The van der Waals surface area contributed by atoms with E-state index in [2.05, 4.69) is 20.7 Å². The second kappa shape index (κ2) is 5.52. The largest absolute Gasteiger partial charge is 0.241 e. The van der Waals surface area contributed by atoms with Crippen molar-refractivity contribution in [1.82, 2.24) is 4.72 Å². The van der Waals surface area contributed by atoms with E-state index in [-0.39, 0.29) is 10.9 Å². The Morgan fingerprint density at radius 3 is 2.44 bits per heavy atom. The summed E-state index contributed by atoms with van der Waals surface area (Å²) in [6, 6.07) is 8.26. The number of nitrogens with one attached hydrogen (secondary N) is 1. The minimum atomic E-state index is -3.47. The van der Waals surface area contributed by atoms with Gasteiger partial charge in [-0.05, 0) is 53.6 Å². The third-order valence-electron chi connectivity index (χ3n) is 2.50. The molecule has 0 aliphatic rings. The third-order valence-corrected chi connectivity index (χ3v) is 5.29. The summed E-state index contributed by atoms with van der Waals surface area (Å²) in [5.41, 5.74) is 0.973. The predicted octanol–water partition coefficient (Wildman–Crippen LogP) is 3.55. The summed E-state index contributed by atoms with van der Waals surface area (Å²) in [6.07, 6.45) is 0. The smallest absolute Gasteiger partial charge is 0.207 e. The van der Waals surface area contributed by atoms with Crippen LogP contribution in [0.5, 0.6) is 0 Å². The molecule has 2 aromatic rings. The molecule has 1 aromatic heterocycles. The van der Waals surface area contributed by atoms with Crippen molar-refractivity contribution < 1.29 is 8.42 Å². The van der Waals surface area contributed by atoms with Gasteiger partial charge in [0.1, 0.15) is 0 Å². The molecule has 18 heavy (non-hydrogen) atoms. The van der Waals surface area contributed by atoms with E-state index < -0.39 is 10.0 Å². The molecule has 0 amide bonds. The van der Waals surface area contributed by atoms with E-state index in [9.17, 15) is 8.42 Å². The lowest BCUT2D eigenvalue weighted by Crippen LogP contribution is -2.26. The van der Waals surface area contributed by atoms with Gasteiger partial charge in [-0.2, -0.15) is 11.3 Å². The van der Waals surface area contributed by atoms with Crippen LogP contribution in [-0.4, -0.2) is 8.42 Å². The number of sulfonamides is 1. The highest BCUT2D eigenvalue weighted by Crippen LogP contribution is 2.20. The van der Waals surface area contributed by atoms with Gasteiger partial charge >= 0.3 is 0 Å². The van der Waals surface area contributed by atoms with Crippen LogP contribution in [-0.2, 0) is 10.0 Å². The minimum absolute atomic E-state index is 0.232. The summed E-state index contributed by atoms with van der Waals surface area (Å²) >= 11 is 4.83. The molecule has 1 atom stereocenters. The Hall–Kier alpha value is -0.690. The van der Waals surface area contributed by atoms with E-state index in [4.69, 9.17) is 0 Å². The summed E-state index contributed by atoms with van der Waals surface area (Å²) in [5, 5.41) is 3.87. The molecular weight excluding hydrogens is 334 g/mol. The number of hydrogen-bond acceptors (Lipinski definition) is 3. The Bertz CT molecular complexity index is 606. The van der Waals surface area contributed by atoms with Crippen LogP contribution >= 0.6 is 27.3 Å². The Morgan fingerprint density at radius 2 is 1.89 bits per heavy atom. The van der Waals surface area contributed by atoms with Crippen molar-refractivity contribution in [3.63, 3.8) is 0 Å². The van der Waals surface area contributed by atoms with Crippen molar-refractivity contribution in [3.05, 3.63) is 51.1 Å². The van der Waals surface area contributed by atoms with Gasteiger partial charge in [-0.1, -0.05) is 15.9 Å². The molecule has 0 spiro atoms. The summed E-state index contributed by atoms with van der Waals surface area (Å²) in [4.78, 5) is 0.271. The quantitative estimate of drug-likeness (QED) is 0.920. The van der Waals surface area contributed by atoms with Gasteiger partial charge in [0.2, 0.25) is 10.0 Å². The van der Waals surface area contributed by atoms with Gasteiger partial charge in [0.25, 0.3) is 0 Å². The summed E-state index contributed by atoms with van der Waals surface area (Å²) < 4.78 is 27.8. The van der Waals surface area contributed by atoms with Gasteiger partial charge in [-0.3, -0.25) is 0 Å². The Balaban J connectivity index is 2.20. The van der Waals surface area contributed by atoms with Crippen LogP contribution in [0.15, 0.2) is 50.5 Å². The number of hydrogen-bond donors (Lipinski definition) is 1. The molecule has 6 heteroatoms. The molecule has 0 saturated heterocycles. The lowest BCUT2D eigenvalue weighted by atomic mass is 10.2. The van der Waals surface area contributed by atoms with E-state index in [0.29, 0.717) is 0 Å². The molecule has 0 fully saturated rings. The number of benzene rings is 1. The van der Waals surface area contributed by atoms with E-state index in [1.165, 1.54) is 0 Å². The fourth-order valence-electron chi connectivity index (χ4n) is 1.50. The average Bonchev–Trinajstić information content (AvgIpc) is 2.82. The number of halogens is 1. The molecule has 0 aliphatic heterocycles. The molecule has 1 N–H and O–H groups in total. The first-order valence-corrected chi connectivity index (χ1v) is 8.51. The maximum atomic E-state index is 12.1. The molecular formula is C12H12BrNO2S2. The van der Waals surface area contributed by atoms with Crippen molar-refractivity contribution in [2.45, 2.75) is 17.9 Å². The first-order chi connectivity index (χ1) is 8.49. The first kappa shape index (κ1) is 13.7. The first-order valence-electron chi connectivity index (χ1n) is 5.29. The minimum Gasteiger partial charge on any atom is -0.207 e. The fraction of sp³-hybridized carbons (Fsp3) is 0.167. The zero-order valence-corrected chi connectivity index (χ0v) is 12.8.